The monoisotopic (exact) mass is 443 g/mol. The zero-order valence-corrected chi connectivity index (χ0v) is 19.9. The molecular weight excluding hydrogens is 413 g/mol. The highest BCUT2D eigenvalue weighted by molar-refractivity contribution is 7.16. The third kappa shape index (κ3) is 3.70. The van der Waals surface area contributed by atoms with Gasteiger partial charge in [-0.1, -0.05) is 45.4 Å². The first-order chi connectivity index (χ1) is 14.5. The summed E-state index contributed by atoms with van der Waals surface area (Å²) in [5, 5.41) is 0.652. The number of allylic oxidation sites excluding steroid dienone is 1. The van der Waals surface area contributed by atoms with E-state index in [2.05, 4.69) is 38.7 Å². The van der Waals surface area contributed by atoms with Gasteiger partial charge in [0, 0.05) is 22.3 Å². The fraction of sp³-hybridized carbons (Fsp3) is 0.391. The fourth-order valence-electron chi connectivity index (χ4n) is 4.48. The lowest BCUT2D eigenvalue weighted by atomic mass is 9.74. The van der Waals surface area contributed by atoms with Gasteiger partial charge in [-0.15, -0.1) is 9.24 Å². The molecular formula is C23H31ClN5P. The van der Waals surface area contributed by atoms with Gasteiger partial charge in [0.2, 0.25) is 0 Å². The number of aromatic nitrogens is 3. The number of nitrogen functional groups attached to an aromatic ring is 1. The molecule has 0 saturated carbocycles. The summed E-state index contributed by atoms with van der Waals surface area (Å²) >= 11 is 6.12. The molecule has 2 aromatic heterocycles. The van der Waals surface area contributed by atoms with Crippen LogP contribution in [-0.2, 0) is 12.0 Å². The predicted molar refractivity (Wildman–Crippen MR) is 132 cm³/mol. The lowest BCUT2D eigenvalue weighted by molar-refractivity contribution is 0.452. The standard InChI is InChI=1S/C21H25ClN5P.C2H6/c1-3-7-21(8-10-28)14(2)26(19-12-24-9-6-16(19)21)13-20-25-17-11-15(22)4-5-18(17)27(20)23;1-2/h4-6,9,11-12H,2-3,7-8,10,13,23,28H2,1H3;1-2H3. The Hall–Kier alpha value is -2.10. The molecule has 2 unspecified atom stereocenters. The molecule has 4 rings (SSSR count). The van der Waals surface area contributed by atoms with Gasteiger partial charge in [-0.05, 0) is 48.8 Å². The lowest BCUT2D eigenvalue weighted by Gasteiger charge is -2.32. The van der Waals surface area contributed by atoms with Gasteiger partial charge >= 0.3 is 0 Å². The second-order valence-corrected chi connectivity index (χ2v) is 8.34. The first-order valence-corrected chi connectivity index (χ1v) is 11.7. The number of rotatable bonds is 6. The first kappa shape index (κ1) is 22.6. The zero-order valence-electron chi connectivity index (χ0n) is 18.0. The van der Waals surface area contributed by atoms with Gasteiger partial charge < -0.3 is 10.7 Å². The second kappa shape index (κ2) is 9.36. The summed E-state index contributed by atoms with van der Waals surface area (Å²) in [6.45, 7) is 11.3. The molecule has 5 nitrogen and oxygen atoms in total. The van der Waals surface area contributed by atoms with Gasteiger partial charge in [0.05, 0.1) is 29.5 Å². The predicted octanol–water partition coefficient (Wildman–Crippen LogP) is 5.66. The Labute approximate surface area is 186 Å². The van der Waals surface area contributed by atoms with Crippen LogP contribution in [0.5, 0.6) is 0 Å². The molecule has 1 aromatic carbocycles. The molecule has 0 amide bonds. The molecule has 1 aliphatic rings. The highest BCUT2D eigenvalue weighted by atomic mass is 35.5. The number of benzene rings is 1. The Balaban J connectivity index is 0.00000124. The number of imidazole rings is 1. The summed E-state index contributed by atoms with van der Waals surface area (Å²) in [6, 6.07) is 7.71. The second-order valence-electron chi connectivity index (χ2n) is 7.33. The van der Waals surface area contributed by atoms with Gasteiger partial charge in [-0.25, -0.2) is 9.66 Å². The van der Waals surface area contributed by atoms with Crippen LogP contribution in [0.25, 0.3) is 11.0 Å². The third-order valence-electron chi connectivity index (χ3n) is 5.76. The summed E-state index contributed by atoms with van der Waals surface area (Å²) in [6.07, 6.45) is 8.01. The summed E-state index contributed by atoms with van der Waals surface area (Å²) in [5.41, 5.74) is 5.10. The molecule has 0 radical (unpaired) electrons. The maximum Gasteiger partial charge on any atom is 0.148 e. The van der Waals surface area contributed by atoms with Crippen LogP contribution in [0, 0.1) is 0 Å². The molecule has 0 aliphatic carbocycles. The van der Waals surface area contributed by atoms with Gasteiger partial charge in [-0.2, -0.15) is 0 Å². The minimum atomic E-state index is -0.0659. The molecule has 2 atom stereocenters. The van der Waals surface area contributed by atoms with Crippen molar-refractivity contribution in [2.24, 2.45) is 0 Å². The number of hydrogen-bond acceptors (Lipinski definition) is 4. The number of nitrogens with two attached hydrogens (primary N) is 1. The molecule has 3 aromatic rings. The molecule has 0 saturated heterocycles. The summed E-state index contributed by atoms with van der Waals surface area (Å²) in [5.74, 6) is 7.12. The van der Waals surface area contributed by atoms with Gasteiger partial charge in [0.15, 0.2) is 0 Å². The Kier molecular flexibility index (Phi) is 7.05. The van der Waals surface area contributed by atoms with Crippen molar-refractivity contribution in [3.63, 3.8) is 0 Å². The molecule has 7 heteroatoms. The summed E-state index contributed by atoms with van der Waals surface area (Å²) < 4.78 is 1.64. The first-order valence-electron chi connectivity index (χ1n) is 10.5. The van der Waals surface area contributed by atoms with E-state index in [-0.39, 0.29) is 5.41 Å². The van der Waals surface area contributed by atoms with Gasteiger partial charge in [-0.3, -0.25) is 4.98 Å². The van der Waals surface area contributed by atoms with Gasteiger partial charge in [0.1, 0.15) is 5.82 Å². The molecule has 0 spiro atoms. The number of halogens is 1. The zero-order chi connectivity index (χ0) is 21.9. The lowest BCUT2D eigenvalue weighted by Crippen LogP contribution is -2.32. The fourth-order valence-corrected chi connectivity index (χ4v) is 5.14. The van der Waals surface area contributed by atoms with E-state index in [1.54, 1.807) is 4.68 Å². The van der Waals surface area contributed by atoms with Crippen molar-refractivity contribution in [3.8, 4) is 0 Å². The van der Waals surface area contributed by atoms with E-state index >= 15 is 0 Å². The maximum atomic E-state index is 6.35. The van der Waals surface area contributed by atoms with Crippen molar-refractivity contribution in [1.82, 2.24) is 14.6 Å². The Morgan fingerprint density at radius 2 is 2.00 bits per heavy atom. The summed E-state index contributed by atoms with van der Waals surface area (Å²) in [7, 11) is 2.86. The minimum absolute atomic E-state index is 0.0659. The van der Waals surface area contributed by atoms with Crippen molar-refractivity contribution < 1.29 is 0 Å². The topological polar surface area (TPSA) is 60.0 Å². The number of hydrogen-bond donors (Lipinski definition) is 1. The average Bonchev–Trinajstić information content (AvgIpc) is 3.18. The number of pyridine rings is 1. The average molecular weight is 444 g/mol. The summed E-state index contributed by atoms with van der Waals surface area (Å²) in [4.78, 5) is 11.3. The van der Waals surface area contributed by atoms with E-state index in [9.17, 15) is 0 Å². The quantitative estimate of drug-likeness (QED) is 0.394. The smallest absolute Gasteiger partial charge is 0.148 e. The van der Waals surface area contributed by atoms with Crippen molar-refractivity contribution in [2.75, 3.05) is 16.9 Å². The Morgan fingerprint density at radius 1 is 1.23 bits per heavy atom. The molecule has 30 heavy (non-hydrogen) atoms. The molecule has 1 aliphatic heterocycles. The van der Waals surface area contributed by atoms with Crippen LogP contribution in [-0.4, -0.2) is 20.8 Å². The van der Waals surface area contributed by atoms with E-state index in [0.29, 0.717) is 11.6 Å². The molecule has 2 N–H and O–H groups in total. The highest BCUT2D eigenvalue weighted by Crippen LogP contribution is 2.52. The largest absolute Gasteiger partial charge is 0.337 e. The van der Waals surface area contributed by atoms with Crippen LogP contribution < -0.4 is 10.7 Å². The normalized spacial score (nSPS) is 17.8. The van der Waals surface area contributed by atoms with E-state index in [0.717, 1.165) is 53.7 Å². The van der Waals surface area contributed by atoms with E-state index < -0.39 is 0 Å². The van der Waals surface area contributed by atoms with Crippen molar-refractivity contribution in [1.29, 1.82) is 0 Å². The number of nitrogens with zero attached hydrogens (tertiary/aromatic N) is 4. The van der Waals surface area contributed by atoms with Crippen molar-refractivity contribution in [3.05, 3.63) is 65.3 Å². The maximum absolute atomic E-state index is 6.35. The van der Waals surface area contributed by atoms with Crippen LogP contribution in [0.2, 0.25) is 5.02 Å². The number of anilines is 1. The minimum Gasteiger partial charge on any atom is -0.337 e. The van der Waals surface area contributed by atoms with Crippen LogP contribution in [0.4, 0.5) is 5.69 Å². The van der Waals surface area contributed by atoms with Crippen LogP contribution in [0.15, 0.2) is 48.9 Å². The van der Waals surface area contributed by atoms with E-state index in [1.807, 2.05) is 44.4 Å². The van der Waals surface area contributed by atoms with E-state index in [4.69, 9.17) is 22.4 Å². The van der Waals surface area contributed by atoms with Crippen LogP contribution in [0.1, 0.15) is 51.4 Å². The molecule has 0 fully saturated rings. The van der Waals surface area contributed by atoms with Crippen molar-refractivity contribution >= 4 is 37.6 Å². The highest BCUT2D eigenvalue weighted by Gasteiger charge is 2.45. The number of fused-ring (bicyclic) bond motifs is 2. The Morgan fingerprint density at radius 3 is 2.70 bits per heavy atom. The van der Waals surface area contributed by atoms with Gasteiger partial charge in [0.25, 0.3) is 0 Å². The Bertz CT molecular complexity index is 1040. The molecule has 3 heterocycles. The van der Waals surface area contributed by atoms with Crippen molar-refractivity contribution in [2.45, 2.75) is 52.0 Å². The SMILES string of the molecule is C=C1N(Cc2nc3cc(Cl)ccc3n2N)c2cnccc2C1(CCC)CCP.CC. The van der Waals surface area contributed by atoms with Crippen LogP contribution in [0.3, 0.4) is 0 Å². The third-order valence-corrected chi connectivity index (χ3v) is 6.28. The molecule has 0 bridgehead atoms. The van der Waals surface area contributed by atoms with E-state index in [1.165, 1.54) is 5.56 Å². The van der Waals surface area contributed by atoms with Crippen LogP contribution >= 0.6 is 20.8 Å². The molecule has 160 valence electrons.